The Kier molecular flexibility index (Phi) is 5.22. The number of nitrogens with zero attached hydrogens (tertiary/aromatic N) is 3. The molecular formula is C18H32N4O4S. The Labute approximate surface area is 162 Å². The molecule has 0 aromatic rings. The van der Waals surface area contributed by atoms with Gasteiger partial charge in [0.2, 0.25) is 15.9 Å². The molecule has 3 fully saturated rings. The summed E-state index contributed by atoms with van der Waals surface area (Å²) >= 11 is 0. The predicted octanol–water partition coefficient (Wildman–Crippen LogP) is 0.558. The summed E-state index contributed by atoms with van der Waals surface area (Å²) in [4.78, 5) is 28.7. The van der Waals surface area contributed by atoms with E-state index >= 15 is 0 Å². The van der Waals surface area contributed by atoms with Crippen LogP contribution in [0.3, 0.4) is 0 Å². The molecule has 1 atom stereocenters. The molecule has 3 aliphatic rings. The van der Waals surface area contributed by atoms with Crippen LogP contribution in [-0.2, 0) is 14.8 Å². The molecule has 8 nitrogen and oxygen atoms in total. The SMILES string of the molecule is CC(C)CS(=O)(=O)N1CCC2(CC1)CN(C(=O)N(C)C)CC21CCNC1=O. The third kappa shape index (κ3) is 3.33. The van der Waals surface area contributed by atoms with E-state index in [1.165, 1.54) is 0 Å². The number of fused-ring (bicyclic) bond motifs is 1. The Morgan fingerprint density at radius 2 is 1.81 bits per heavy atom. The highest BCUT2D eigenvalue weighted by molar-refractivity contribution is 7.89. The highest BCUT2D eigenvalue weighted by Gasteiger charge is 2.64. The van der Waals surface area contributed by atoms with Crippen LogP contribution in [0.5, 0.6) is 0 Å². The fraction of sp³-hybridized carbons (Fsp3) is 0.889. The van der Waals surface area contributed by atoms with Crippen LogP contribution in [0.25, 0.3) is 0 Å². The number of hydrogen-bond donors (Lipinski definition) is 1. The molecule has 3 saturated heterocycles. The Morgan fingerprint density at radius 3 is 2.30 bits per heavy atom. The quantitative estimate of drug-likeness (QED) is 0.749. The van der Waals surface area contributed by atoms with Crippen LogP contribution in [0, 0.1) is 16.7 Å². The van der Waals surface area contributed by atoms with Gasteiger partial charge in [-0.2, -0.15) is 0 Å². The smallest absolute Gasteiger partial charge is 0.319 e. The number of carbonyl (C=O) groups is 2. The minimum absolute atomic E-state index is 0.0232. The van der Waals surface area contributed by atoms with Crippen LogP contribution < -0.4 is 5.32 Å². The predicted molar refractivity (Wildman–Crippen MR) is 103 cm³/mol. The second-order valence-corrected chi connectivity index (χ2v) is 11.0. The fourth-order valence-electron chi connectivity index (χ4n) is 5.17. The van der Waals surface area contributed by atoms with E-state index in [4.69, 9.17) is 0 Å². The minimum atomic E-state index is -3.28. The Morgan fingerprint density at radius 1 is 1.19 bits per heavy atom. The number of carbonyl (C=O) groups excluding carboxylic acids is 2. The van der Waals surface area contributed by atoms with E-state index in [9.17, 15) is 18.0 Å². The molecule has 2 spiro atoms. The zero-order valence-electron chi connectivity index (χ0n) is 16.8. The Bertz CT molecular complexity index is 713. The molecule has 1 unspecified atom stereocenters. The average Bonchev–Trinajstić information content (AvgIpc) is 3.09. The first-order valence-electron chi connectivity index (χ1n) is 9.75. The molecular weight excluding hydrogens is 368 g/mol. The lowest BCUT2D eigenvalue weighted by atomic mass is 9.60. The summed E-state index contributed by atoms with van der Waals surface area (Å²) in [5.74, 6) is 0.254. The maximum absolute atomic E-state index is 12.8. The summed E-state index contributed by atoms with van der Waals surface area (Å²) in [5.41, 5.74) is -0.935. The number of nitrogens with one attached hydrogen (secondary N) is 1. The molecule has 9 heteroatoms. The topological polar surface area (TPSA) is 90.0 Å². The van der Waals surface area contributed by atoms with E-state index in [1.54, 1.807) is 28.2 Å². The summed E-state index contributed by atoms with van der Waals surface area (Å²) in [5, 5.41) is 2.96. The molecule has 3 rings (SSSR count). The van der Waals surface area contributed by atoms with Gasteiger partial charge in [-0.25, -0.2) is 17.5 Å². The molecule has 3 heterocycles. The molecule has 0 saturated carbocycles. The second kappa shape index (κ2) is 6.92. The van der Waals surface area contributed by atoms with Gasteiger partial charge in [-0.3, -0.25) is 4.79 Å². The van der Waals surface area contributed by atoms with E-state index in [-0.39, 0.29) is 29.0 Å². The lowest BCUT2D eigenvalue weighted by Gasteiger charge is -2.46. The summed E-state index contributed by atoms with van der Waals surface area (Å²) in [6.07, 6.45) is 1.95. The minimum Gasteiger partial charge on any atom is -0.356 e. The van der Waals surface area contributed by atoms with Crippen LogP contribution in [0.1, 0.15) is 33.1 Å². The zero-order valence-corrected chi connectivity index (χ0v) is 17.6. The normalized spacial score (nSPS) is 28.3. The van der Waals surface area contributed by atoms with Gasteiger partial charge in [0, 0.05) is 52.2 Å². The van der Waals surface area contributed by atoms with Crippen molar-refractivity contribution in [2.45, 2.75) is 33.1 Å². The van der Waals surface area contributed by atoms with E-state index < -0.39 is 15.4 Å². The molecule has 0 radical (unpaired) electrons. The Balaban J connectivity index is 1.84. The molecule has 0 aromatic heterocycles. The number of piperidine rings is 1. The zero-order chi connectivity index (χ0) is 20.0. The van der Waals surface area contributed by atoms with Crippen LogP contribution in [0.2, 0.25) is 0 Å². The number of urea groups is 1. The molecule has 27 heavy (non-hydrogen) atoms. The van der Waals surface area contributed by atoms with Crippen LogP contribution in [-0.4, -0.2) is 87.0 Å². The third-order valence-electron chi connectivity index (χ3n) is 6.51. The van der Waals surface area contributed by atoms with Crippen molar-refractivity contribution in [1.29, 1.82) is 0 Å². The van der Waals surface area contributed by atoms with Gasteiger partial charge in [0.1, 0.15) is 0 Å². The molecule has 3 aliphatic heterocycles. The van der Waals surface area contributed by atoms with Crippen molar-refractivity contribution < 1.29 is 18.0 Å². The van der Waals surface area contributed by atoms with Gasteiger partial charge in [0.15, 0.2) is 0 Å². The average molecular weight is 401 g/mol. The van der Waals surface area contributed by atoms with Gasteiger partial charge >= 0.3 is 6.03 Å². The van der Waals surface area contributed by atoms with Crippen molar-refractivity contribution in [2.75, 3.05) is 52.6 Å². The molecule has 154 valence electrons. The fourth-order valence-corrected chi connectivity index (χ4v) is 6.96. The van der Waals surface area contributed by atoms with Gasteiger partial charge < -0.3 is 15.1 Å². The highest BCUT2D eigenvalue weighted by Crippen LogP contribution is 2.56. The summed E-state index contributed by atoms with van der Waals surface area (Å²) in [6.45, 7) is 6.23. The number of rotatable bonds is 3. The lowest BCUT2D eigenvalue weighted by Crippen LogP contribution is -2.53. The summed E-state index contributed by atoms with van der Waals surface area (Å²) in [7, 11) is 0.159. The lowest BCUT2D eigenvalue weighted by molar-refractivity contribution is -0.133. The number of amides is 3. The first-order chi connectivity index (χ1) is 12.5. The van der Waals surface area contributed by atoms with Crippen LogP contribution in [0.4, 0.5) is 4.79 Å². The van der Waals surface area contributed by atoms with Gasteiger partial charge in [-0.15, -0.1) is 0 Å². The second-order valence-electron chi connectivity index (χ2n) is 8.97. The number of sulfonamides is 1. The molecule has 0 aromatic carbocycles. The molecule has 1 N–H and O–H groups in total. The van der Waals surface area contributed by atoms with Crippen molar-refractivity contribution in [3.8, 4) is 0 Å². The monoisotopic (exact) mass is 400 g/mol. The molecule has 3 amide bonds. The van der Waals surface area contributed by atoms with E-state index in [0.717, 1.165) is 0 Å². The van der Waals surface area contributed by atoms with Crippen molar-refractivity contribution in [1.82, 2.24) is 19.4 Å². The van der Waals surface area contributed by atoms with Gasteiger partial charge in [0.05, 0.1) is 11.2 Å². The molecule has 0 bridgehead atoms. The molecule has 0 aliphatic carbocycles. The van der Waals surface area contributed by atoms with Gasteiger partial charge in [0.25, 0.3) is 0 Å². The van der Waals surface area contributed by atoms with E-state index in [1.807, 2.05) is 13.8 Å². The standard InChI is InChI=1S/C18H32N4O4S/c1-14(2)11-27(25,26)22-9-6-17(7-10-22)12-21(16(24)20(3)4)13-18(17)5-8-19-15(18)23/h14H,5-13H2,1-4H3,(H,19,23). The van der Waals surface area contributed by atoms with Gasteiger partial charge in [-0.1, -0.05) is 13.8 Å². The van der Waals surface area contributed by atoms with Crippen LogP contribution >= 0.6 is 0 Å². The maximum Gasteiger partial charge on any atom is 0.319 e. The summed E-state index contributed by atoms with van der Waals surface area (Å²) < 4.78 is 26.8. The van der Waals surface area contributed by atoms with E-state index in [0.29, 0.717) is 52.0 Å². The van der Waals surface area contributed by atoms with Crippen LogP contribution in [0.15, 0.2) is 0 Å². The first-order valence-corrected chi connectivity index (χ1v) is 11.4. The Hall–Kier alpha value is -1.35. The number of likely N-dealkylation sites (tertiary alicyclic amines) is 1. The number of hydrogen-bond acceptors (Lipinski definition) is 4. The van der Waals surface area contributed by atoms with Crippen molar-refractivity contribution in [3.05, 3.63) is 0 Å². The maximum atomic E-state index is 12.8. The van der Waals surface area contributed by atoms with E-state index in [2.05, 4.69) is 5.32 Å². The van der Waals surface area contributed by atoms with Crippen molar-refractivity contribution in [3.63, 3.8) is 0 Å². The van der Waals surface area contributed by atoms with Crippen molar-refractivity contribution in [2.24, 2.45) is 16.7 Å². The largest absolute Gasteiger partial charge is 0.356 e. The third-order valence-corrected chi connectivity index (χ3v) is 8.75. The first kappa shape index (κ1) is 20.4. The van der Waals surface area contributed by atoms with Crippen molar-refractivity contribution >= 4 is 22.0 Å². The van der Waals surface area contributed by atoms with Gasteiger partial charge in [-0.05, 0) is 25.2 Å². The highest BCUT2D eigenvalue weighted by atomic mass is 32.2. The summed E-state index contributed by atoms with van der Waals surface area (Å²) in [6, 6.07) is -0.0826.